The van der Waals surface area contributed by atoms with E-state index in [2.05, 4.69) is 15.5 Å². The molecule has 0 aromatic carbocycles. The predicted octanol–water partition coefficient (Wildman–Crippen LogP) is 1.12. The first-order valence-corrected chi connectivity index (χ1v) is 9.09. The van der Waals surface area contributed by atoms with Gasteiger partial charge in [0, 0.05) is 50.8 Å². The number of carbonyl (C=O) groups excluding carboxylic acids is 2. The molecule has 2 atom stereocenters. The SMILES string of the molecule is CC(CNC(=O)C(=O)N1CCCCC1c1cnn(C)c1)Cn1cccn1. The summed E-state index contributed by atoms with van der Waals surface area (Å²) in [6, 6.07) is 1.79. The van der Waals surface area contributed by atoms with Crippen LogP contribution in [0.15, 0.2) is 30.9 Å². The molecule has 1 aliphatic rings. The molecule has 1 fully saturated rings. The van der Waals surface area contributed by atoms with Crippen LogP contribution in [-0.2, 0) is 23.2 Å². The molecule has 2 aromatic rings. The van der Waals surface area contributed by atoms with E-state index in [1.54, 1.807) is 22.0 Å². The van der Waals surface area contributed by atoms with Gasteiger partial charge in [0.25, 0.3) is 0 Å². The summed E-state index contributed by atoms with van der Waals surface area (Å²) in [6.07, 6.45) is 10.1. The van der Waals surface area contributed by atoms with Crippen LogP contribution in [0.5, 0.6) is 0 Å². The number of aryl methyl sites for hydroxylation is 1. The third-order valence-electron chi connectivity index (χ3n) is 4.74. The average Bonchev–Trinajstić information content (AvgIpc) is 3.30. The molecular weight excluding hydrogens is 332 g/mol. The maximum Gasteiger partial charge on any atom is 0.312 e. The highest BCUT2D eigenvalue weighted by molar-refractivity contribution is 6.35. The maximum atomic E-state index is 12.7. The lowest BCUT2D eigenvalue weighted by molar-refractivity contribution is -0.148. The smallest absolute Gasteiger partial charge is 0.312 e. The van der Waals surface area contributed by atoms with Crippen LogP contribution in [0.1, 0.15) is 37.8 Å². The van der Waals surface area contributed by atoms with E-state index in [4.69, 9.17) is 0 Å². The van der Waals surface area contributed by atoms with E-state index in [0.29, 0.717) is 19.6 Å². The third kappa shape index (κ3) is 4.30. The first kappa shape index (κ1) is 18.2. The second kappa shape index (κ2) is 8.16. The van der Waals surface area contributed by atoms with Gasteiger partial charge in [-0.2, -0.15) is 10.2 Å². The van der Waals surface area contributed by atoms with E-state index >= 15 is 0 Å². The fourth-order valence-corrected chi connectivity index (χ4v) is 3.40. The Labute approximate surface area is 153 Å². The lowest BCUT2D eigenvalue weighted by Gasteiger charge is -2.34. The van der Waals surface area contributed by atoms with E-state index < -0.39 is 11.8 Å². The Morgan fingerprint density at radius 3 is 2.88 bits per heavy atom. The van der Waals surface area contributed by atoms with Gasteiger partial charge < -0.3 is 10.2 Å². The van der Waals surface area contributed by atoms with Gasteiger partial charge in [-0.3, -0.25) is 19.0 Å². The highest BCUT2D eigenvalue weighted by atomic mass is 16.2. The average molecular weight is 358 g/mol. The highest BCUT2D eigenvalue weighted by Crippen LogP contribution is 2.30. The molecule has 3 rings (SSSR count). The van der Waals surface area contributed by atoms with Crippen LogP contribution in [-0.4, -0.2) is 49.4 Å². The van der Waals surface area contributed by atoms with E-state index in [9.17, 15) is 9.59 Å². The number of hydrogen-bond acceptors (Lipinski definition) is 4. The molecule has 0 bridgehead atoms. The van der Waals surface area contributed by atoms with E-state index in [1.807, 2.05) is 37.1 Å². The van der Waals surface area contributed by atoms with Gasteiger partial charge in [-0.15, -0.1) is 0 Å². The second-order valence-corrected chi connectivity index (χ2v) is 7.00. The third-order valence-corrected chi connectivity index (χ3v) is 4.74. The van der Waals surface area contributed by atoms with Gasteiger partial charge in [0.15, 0.2) is 0 Å². The zero-order valence-electron chi connectivity index (χ0n) is 15.3. The monoisotopic (exact) mass is 358 g/mol. The normalized spacial score (nSPS) is 18.5. The summed E-state index contributed by atoms with van der Waals surface area (Å²) >= 11 is 0. The number of nitrogens with one attached hydrogen (secondary N) is 1. The molecule has 140 valence electrons. The number of nitrogens with zero attached hydrogens (tertiary/aromatic N) is 5. The highest BCUT2D eigenvalue weighted by Gasteiger charge is 2.32. The number of carbonyl (C=O) groups is 2. The minimum absolute atomic E-state index is 0.0720. The maximum absolute atomic E-state index is 12.7. The van der Waals surface area contributed by atoms with Crippen LogP contribution in [0.3, 0.4) is 0 Å². The molecule has 1 saturated heterocycles. The van der Waals surface area contributed by atoms with Crippen molar-refractivity contribution >= 4 is 11.8 Å². The summed E-state index contributed by atoms with van der Waals surface area (Å²) in [4.78, 5) is 26.8. The Bertz CT molecular complexity index is 739. The van der Waals surface area contributed by atoms with Crippen LogP contribution in [0.4, 0.5) is 0 Å². The van der Waals surface area contributed by atoms with Crippen LogP contribution in [0.2, 0.25) is 0 Å². The topological polar surface area (TPSA) is 85.0 Å². The Morgan fingerprint density at radius 2 is 2.19 bits per heavy atom. The Hall–Kier alpha value is -2.64. The molecule has 26 heavy (non-hydrogen) atoms. The van der Waals surface area contributed by atoms with Crippen LogP contribution < -0.4 is 5.32 Å². The summed E-state index contributed by atoms with van der Waals surface area (Å²) < 4.78 is 3.55. The molecule has 8 nitrogen and oxygen atoms in total. The van der Waals surface area contributed by atoms with Crippen molar-refractivity contribution in [2.45, 2.75) is 38.8 Å². The number of piperidine rings is 1. The summed E-state index contributed by atoms with van der Waals surface area (Å²) in [7, 11) is 1.85. The molecular formula is C18H26N6O2. The van der Waals surface area contributed by atoms with Crippen LogP contribution >= 0.6 is 0 Å². The molecule has 0 saturated carbocycles. The van der Waals surface area contributed by atoms with Crippen molar-refractivity contribution in [3.05, 3.63) is 36.4 Å². The molecule has 3 heterocycles. The standard InChI is InChI=1S/C18H26N6O2/c1-14(12-23-8-5-7-20-23)10-19-17(25)18(26)24-9-4-3-6-16(24)15-11-21-22(2)13-15/h5,7-8,11,13-14,16H,3-4,6,9-10,12H2,1-2H3,(H,19,25). The number of hydrogen-bond donors (Lipinski definition) is 1. The molecule has 2 amide bonds. The molecule has 2 aromatic heterocycles. The molecule has 0 spiro atoms. The van der Waals surface area contributed by atoms with E-state index in [0.717, 1.165) is 24.8 Å². The van der Waals surface area contributed by atoms with E-state index in [-0.39, 0.29) is 12.0 Å². The lowest BCUT2D eigenvalue weighted by Crippen LogP contribution is -2.47. The number of likely N-dealkylation sites (tertiary alicyclic amines) is 1. The zero-order valence-corrected chi connectivity index (χ0v) is 15.3. The Kier molecular flexibility index (Phi) is 5.70. The van der Waals surface area contributed by atoms with Crippen molar-refractivity contribution in [1.29, 1.82) is 0 Å². The second-order valence-electron chi connectivity index (χ2n) is 7.00. The minimum Gasteiger partial charge on any atom is -0.347 e. The molecule has 0 aliphatic carbocycles. The number of amides is 2. The van der Waals surface area contributed by atoms with Gasteiger partial charge in [0.2, 0.25) is 0 Å². The lowest BCUT2D eigenvalue weighted by atomic mass is 9.97. The minimum atomic E-state index is -0.534. The Morgan fingerprint density at radius 1 is 1.35 bits per heavy atom. The molecule has 2 unspecified atom stereocenters. The van der Waals surface area contributed by atoms with Gasteiger partial charge in [-0.25, -0.2) is 0 Å². The first-order chi connectivity index (χ1) is 12.5. The van der Waals surface area contributed by atoms with Gasteiger partial charge in [-0.05, 0) is 31.2 Å². The van der Waals surface area contributed by atoms with Gasteiger partial charge in [0.1, 0.15) is 0 Å². The van der Waals surface area contributed by atoms with Crippen molar-refractivity contribution in [2.24, 2.45) is 13.0 Å². The summed E-state index contributed by atoms with van der Waals surface area (Å²) in [5, 5.41) is 11.1. The van der Waals surface area contributed by atoms with E-state index in [1.165, 1.54) is 0 Å². The molecule has 8 heteroatoms. The number of aromatic nitrogens is 4. The molecule has 1 N–H and O–H groups in total. The summed E-state index contributed by atoms with van der Waals surface area (Å²) in [5.74, 6) is -0.805. The van der Waals surface area contributed by atoms with Crippen molar-refractivity contribution in [3.63, 3.8) is 0 Å². The summed E-state index contributed by atoms with van der Waals surface area (Å²) in [6.45, 7) is 3.76. The van der Waals surface area contributed by atoms with Gasteiger partial charge in [0.05, 0.1) is 12.2 Å². The largest absolute Gasteiger partial charge is 0.347 e. The van der Waals surface area contributed by atoms with Gasteiger partial charge in [-0.1, -0.05) is 6.92 Å². The zero-order chi connectivity index (χ0) is 18.5. The number of rotatable bonds is 5. The van der Waals surface area contributed by atoms with Crippen LogP contribution in [0.25, 0.3) is 0 Å². The van der Waals surface area contributed by atoms with Crippen molar-refractivity contribution in [1.82, 2.24) is 29.8 Å². The predicted molar refractivity (Wildman–Crippen MR) is 95.9 cm³/mol. The van der Waals surface area contributed by atoms with Crippen molar-refractivity contribution in [2.75, 3.05) is 13.1 Å². The molecule has 1 aliphatic heterocycles. The Balaban J connectivity index is 1.56. The molecule has 0 radical (unpaired) electrons. The van der Waals surface area contributed by atoms with Crippen molar-refractivity contribution < 1.29 is 9.59 Å². The fourth-order valence-electron chi connectivity index (χ4n) is 3.40. The van der Waals surface area contributed by atoms with Crippen LogP contribution in [0, 0.1) is 5.92 Å². The fraction of sp³-hybridized carbons (Fsp3) is 0.556. The van der Waals surface area contributed by atoms with Gasteiger partial charge >= 0.3 is 11.8 Å². The quantitative estimate of drug-likeness (QED) is 0.812. The first-order valence-electron chi connectivity index (χ1n) is 9.09. The van der Waals surface area contributed by atoms with Crippen molar-refractivity contribution in [3.8, 4) is 0 Å². The summed E-state index contributed by atoms with van der Waals surface area (Å²) in [5.41, 5.74) is 0.986.